The second-order valence-electron chi connectivity index (χ2n) is 13.7. The number of thiophene rings is 1. The van der Waals surface area contributed by atoms with E-state index in [9.17, 15) is 0 Å². The van der Waals surface area contributed by atoms with E-state index in [-0.39, 0.29) is 0 Å². The number of benzene rings is 7. The van der Waals surface area contributed by atoms with Gasteiger partial charge in [-0.05, 0) is 89.8 Å². The Morgan fingerprint density at radius 3 is 1.67 bits per heavy atom. The van der Waals surface area contributed by atoms with Crippen LogP contribution in [0.3, 0.4) is 0 Å². The second-order valence-corrected chi connectivity index (χ2v) is 14.8. The van der Waals surface area contributed by atoms with Gasteiger partial charge < -0.3 is 9.13 Å². The molecule has 0 saturated heterocycles. The summed E-state index contributed by atoms with van der Waals surface area (Å²) >= 11 is 1.87. The van der Waals surface area contributed by atoms with E-state index in [2.05, 4.69) is 185 Å². The highest BCUT2D eigenvalue weighted by Gasteiger charge is 2.17. The Morgan fingerprint density at radius 1 is 0.431 bits per heavy atom. The molecule has 0 aliphatic heterocycles. The quantitative estimate of drug-likeness (QED) is 0.177. The van der Waals surface area contributed by atoms with Gasteiger partial charge in [0, 0.05) is 59.0 Å². The molecule has 0 spiro atoms. The molecule has 0 radical (unpaired) electrons. The molecule has 0 saturated carbocycles. The Morgan fingerprint density at radius 2 is 1.00 bits per heavy atom. The first-order valence-corrected chi connectivity index (χ1v) is 18.5. The fourth-order valence-corrected chi connectivity index (χ4v) is 9.55. The van der Waals surface area contributed by atoms with Gasteiger partial charge in [-0.15, -0.1) is 11.3 Å². The van der Waals surface area contributed by atoms with Gasteiger partial charge in [-0.3, -0.25) is 0 Å². The van der Waals surface area contributed by atoms with E-state index < -0.39 is 0 Å². The number of para-hydroxylation sites is 2. The fraction of sp³-hybridized carbons (Fsp3) is 0.0417. The van der Waals surface area contributed by atoms with Gasteiger partial charge >= 0.3 is 0 Å². The van der Waals surface area contributed by atoms with Crippen LogP contribution < -0.4 is 0 Å². The molecular weight excluding hydrogens is 637 g/mol. The number of aromatic nitrogens is 2. The molecule has 1 atom stereocenters. The van der Waals surface area contributed by atoms with Crippen LogP contribution in [-0.4, -0.2) is 9.13 Å². The van der Waals surface area contributed by atoms with Crippen molar-refractivity contribution in [2.75, 3.05) is 0 Å². The van der Waals surface area contributed by atoms with Crippen LogP contribution >= 0.6 is 11.3 Å². The second kappa shape index (κ2) is 11.2. The summed E-state index contributed by atoms with van der Waals surface area (Å²) in [6, 6.07) is 56.4. The summed E-state index contributed by atoms with van der Waals surface area (Å²) in [5, 5.41) is 7.74. The van der Waals surface area contributed by atoms with Crippen molar-refractivity contribution < 1.29 is 0 Å². The summed E-state index contributed by atoms with van der Waals surface area (Å²) in [6.07, 6.45) is 9.92. The molecule has 51 heavy (non-hydrogen) atoms. The third kappa shape index (κ3) is 4.42. The van der Waals surface area contributed by atoms with Crippen molar-refractivity contribution in [2.45, 2.75) is 12.3 Å². The maximum absolute atomic E-state index is 2.43. The monoisotopic (exact) mass is 668 g/mol. The Hall–Kier alpha value is -6.16. The molecule has 11 rings (SSSR count). The molecule has 2 nitrogen and oxygen atoms in total. The van der Waals surface area contributed by atoms with Gasteiger partial charge in [-0.25, -0.2) is 0 Å². The molecule has 1 aliphatic carbocycles. The highest BCUT2D eigenvalue weighted by molar-refractivity contribution is 7.25. The number of hydrogen-bond acceptors (Lipinski definition) is 1. The van der Waals surface area contributed by atoms with Crippen molar-refractivity contribution in [1.82, 2.24) is 9.13 Å². The average Bonchev–Trinajstić information content (AvgIpc) is 3.85. The van der Waals surface area contributed by atoms with Crippen LogP contribution in [-0.2, 0) is 0 Å². The van der Waals surface area contributed by atoms with E-state index >= 15 is 0 Å². The van der Waals surface area contributed by atoms with Gasteiger partial charge in [-0.1, -0.05) is 109 Å². The van der Waals surface area contributed by atoms with E-state index in [1.54, 1.807) is 0 Å². The summed E-state index contributed by atoms with van der Waals surface area (Å²) in [6.45, 7) is 0. The van der Waals surface area contributed by atoms with Gasteiger partial charge in [0.05, 0.1) is 22.1 Å². The Balaban J connectivity index is 1.04. The van der Waals surface area contributed by atoms with E-state index in [0.29, 0.717) is 5.92 Å². The summed E-state index contributed by atoms with van der Waals surface area (Å²) in [7, 11) is 0. The lowest BCUT2D eigenvalue weighted by molar-refractivity contribution is 0.853. The SMILES string of the molecule is C1=CCC(c2ccc(-n3c4ccccc4c4cc(-c5ccc6c(c5)c5ccccc5n6-c5ccc6c(c5)sc5ccccc56)ccc43)cc2)C=C1. The van der Waals surface area contributed by atoms with E-state index in [0.717, 1.165) is 6.42 Å². The zero-order chi connectivity index (χ0) is 33.5. The first-order valence-electron chi connectivity index (χ1n) is 17.7. The van der Waals surface area contributed by atoms with Crippen LogP contribution in [0.2, 0.25) is 0 Å². The Bertz CT molecular complexity index is 3060. The smallest absolute Gasteiger partial charge is 0.0541 e. The first-order chi connectivity index (χ1) is 25.3. The van der Waals surface area contributed by atoms with Gasteiger partial charge in [0.15, 0.2) is 0 Å². The number of fused-ring (bicyclic) bond motifs is 9. The van der Waals surface area contributed by atoms with Crippen molar-refractivity contribution in [1.29, 1.82) is 0 Å². The minimum atomic E-state index is 0.446. The summed E-state index contributed by atoms with van der Waals surface area (Å²) in [4.78, 5) is 0. The molecule has 0 N–H and O–H groups in total. The molecular formula is C48H32N2S. The van der Waals surface area contributed by atoms with E-state index in [1.807, 2.05) is 11.3 Å². The number of rotatable bonds is 4. The van der Waals surface area contributed by atoms with Crippen LogP contribution in [0.4, 0.5) is 0 Å². The minimum Gasteiger partial charge on any atom is -0.309 e. The normalized spacial score (nSPS) is 14.6. The molecule has 3 aromatic heterocycles. The molecule has 1 unspecified atom stereocenters. The molecule has 0 amide bonds. The van der Waals surface area contributed by atoms with Gasteiger partial charge in [0.1, 0.15) is 0 Å². The van der Waals surface area contributed by atoms with Crippen molar-refractivity contribution in [3.63, 3.8) is 0 Å². The topological polar surface area (TPSA) is 9.86 Å². The van der Waals surface area contributed by atoms with E-state index in [1.165, 1.54) is 91.8 Å². The molecule has 3 heterocycles. The first kappa shape index (κ1) is 28.7. The fourth-order valence-electron chi connectivity index (χ4n) is 8.41. The van der Waals surface area contributed by atoms with Crippen molar-refractivity contribution >= 4 is 75.1 Å². The predicted molar refractivity (Wildman–Crippen MR) is 219 cm³/mol. The molecule has 0 fully saturated rings. The maximum Gasteiger partial charge on any atom is 0.0541 e. The van der Waals surface area contributed by atoms with Crippen LogP contribution in [0, 0.1) is 0 Å². The molecule has 10 aromatic rings. The standard InChI is InChI=1S/C48H32N2S/c1-2-10-31(11-3-1)32-18-22-35(23-19-32)49-43-15-7-4-12-37(43)41-28-33(20-26-45(41)49)34-21-27-46-42(29-34)38-13-5-8-16-44(38)50(46)36-24-25-40-39-14-6-9-17-47(39)51-48(40)30-36/h1-10,12-31H,11H2. The summed E-state index contributed by atoms with van der Waals surface area (Å²) < 4.78 is 7.50. The number of hydrogen-bond donors (Lipinski definition) is 0. The molecule has 7 aromatic carbocycles. The molecule has 1 aliphatic rings. The molecule has 240 valence electrons. The van der Waals surface area contributed by atoms with Gasteiger partial charge in [0.2, 0.25) is 0 Å². The zero-order valence-corrected chi connectivity index (χ0v) is 28.6. The number of allylic oxidation sites excluding steroid dienone is 4. The highest BCUT2D eigenvalue weighted by Crippen LogP contribution is 2.40. The van der Waals surface area contributed by atoms with Crippen molar-refractivity contribution in [3.8, 4) is 22.5 Å². The Labute approximate surface area is 299 Å². The third-order valence-electron chi connectivity index (χ3n) is 10.9. The van der Waals surface area contributed by atoms with Gasteiger partial charge in [-0.2, -0.15) is 0 Å². The van der Waals surface area contributed by atoms with Crippen LogP contribution in [0.25, 0.3) is 86.3 Å². The summed E-state index contributed by atoms with van der Waals surface area (Å²) in [5.41, 5.74) is 11.1. The highest BCUT2D eigenvalue weighted by atomic mass is 32.1. The van der Waals surface area contributed by atoms with Crippen molar-refractivity contribution in [2.24, 2.45) is 0 Å². The van der Waals surface area contributed by atoms with Crippen LogP contribution in [0.15, 0.2) is 176 Å². The molecule has 3 heteroatoms. The lowest BCUT2D eigenvalue weighted by Gasteiger charge is -2.15. The van der Waals surface area contributed by atoms with Crippen LogP contribution in [0.1, 0.15) is 17.9 Å². The van der Waals surface area contributed by atoms with Crippen LogP contribution in [0.5, 0.6) is 0 Å². The lowest BCUT2D eigenvalue weighted by Crippen LogP contribution is -1.98. The van der Waals surface area contributed by atoms with Crippen molar-refractivity contribution in [3.05, 3.63) is 182 Å². The minimum absolute atomic E-state index is 0.446. The molecule has 0 bridgehead atoms. The summed E-state index contributed by atoms with van der Waals surface area (Å²) in [5.74, 6) is 0.446. The average molecular weight is 669 g/mol. The number of nitrogens with zero attached hydrogens (tertiary/aromatic N) is 2. The Kier molecular flexibility index (Phi) is 6.28. The van der Waals surface area contributed by atoms with E-state index in [4.69, 9.17) is 0 Å². The third-order valence-corrected chi connectivity index (χ3v) is 12.0. The lowest BCUT2D eigenvalue weighted by atomic mass is 9.92. The zero-order valence-electron chi connectivity index (χ0n) is 27.8. The van der Waals surface area contributed by atoms with Gasteiger partial charge in [0.25, 0.3) is 0 Å². The predicted octanol–water partition coefficient (Wildman–Crippen LogP) is 13.5. The largest absolute Gasteiger partial charge is 0.309 e. The maximum atomic E-state index is 2.43.